The molecule has 90 valence electrons. The predicted octanol–water partition coefficient (Wildman–Crippen LogP) is 3.69. The lowest BCUT2D eigenvalue weighted by Crippen LogP contribution is -2.06. The Hall–Kier alpha value is -0.770. The molecule has 0 radical (unpaired) electrons. The first kappa shape index (κ1) is 13.3. The third kappa shape index (κ3) is 4.00. The zero-order chi connectivity index (χ0) is 12.0. The highest BCUT2D eigenvalue weighted by Crippen LogP contribution is 2.21. The summed E-state index contributed by atoms with van der Waals surface area (Å²) in [7, 11) is 0. The van der Waals surface area contributed by atoms with Gasteiger partial charge in [-0.1, -0.05) is 13.0 Å². The van der Waals surface area contributed by atoms with Crippen LogP contribution in [-0.2, 0) is 0 Å². The van der Waals surface area contributed by atoms with Crippen molar-refractivity contribution in [1.29, 1.82) is 0 Å². The summed E-state index contributed by atoms with van der Waals surface area (Å²) in [6.07, 6.45) is 1.75. The molecule has 16 heavy (non-hydrogen) atoms. The Bertz CT molecular complexity index is 311. The van der Waals surface area contributed by atoms with E-state index in [0.29, 0.717) is 12.5 Å². The molecule has 0 aliphatic carbocycles. The van der Waals surface area contributed by atoms with E-state index in [0.717, 1.165) is 18.6 Å². The molecule has 0 aromatic heterocycles. The van der Waals surface area contributed by atoms with E-state index in [1.807, 2.05) is 0 Å². The first-order valence-electron chi connectivity index (χ1n) is 5.32. The lowest BCUT2D eigenvalue weighted by Gasteiger charge is -2.11. The Labute approximate surface area is 100 Å². The molecule has 0 aliphatic rings. The second kappa shape index (κ2) is 6.74. The SMILES string of the molecule is CC(CCS)CCOc1c(F)cccc1F. The van der Waals surface area contributed by atoms with E-state index in [9.17, 15) is 8.78 Å². The highest BCUT2D eigenvalue weighted by Gasteiger charge is 2.10. The van der Waals surface area contributed by atoms with E-state index >= 15 is 0 Å². The average Bonchev–Trinajstić information content (AvgIpc) is 2.23. The molecule has 0 spiro atoms. The molecule has 1 aromatic carbocycles. The first-order valence-corrected chi connectivity index (χ1v) is 5.96. The predicted molar refractivity (Wildman–Crippen MR) is 64.1 cm³/mol. The molecular weight excluding hydrogens is 230 g/mol. The number of thiol groups is 1. The van der Waals surface area contributed by atoms with Crippen LogP contribution in [0.2, 0.25) is 0 Å². The molecule has 0 aliphatic heterocycles. The normalized spacial score (nSPS) is 12.5. The highest BCUT2D eigenvalue weighted by molar-refractivity contribution is 7.80. The van der Waals surface area contributed by atoms with Crippen molar-refractivity contribution in [2.45, 2.75) is 19.8 Å². The van der Waals surface area contributed by atoms with E-state index < -0.39 is 11.6 Å². The van der Waals surface area contributed by atoms with E-state index in [-0.39, 0.29) is 5.75 Å². The number of halogens is 2. The van der Waals surface area contributed by atoms with E-state index in [1.165, 1.54) is 18.2 Å². The lowest BCUT2D eigenvalue weighted by molar-refractivity contribution is 0.258. The second-order valence-electron chi connectivity index (χ2n) is 3.81. The summed E-state index contributed by atoms with van der Waals surface area (Å²) in [6.45, 7) is 2.39. The summed E-state index contributed by atoms with van der Waals surface area (Å²) in [5.41, 5.74) is 0. The number of benzene rings is 1. The van der Waals surface area contributed by atoms with Crippen molar-refractivity contribution in [3.05, 3.63) is 29.8 Å². The summed E-state index contributed by atoms with van der Waals surface area (Å²) in [6, 6.07) is 3.70. The molecule has 0 fully saturated rings. The maximum atomic E-state index is 13.1. The minimum atomic E-state index is -0.651. The molecule has 0 bridgehead atoms. The Morgan fingerprint density at radius 1 is 1.25 bits per heavy atom. The highest BCUT2D eigenvalue weighted by atomic mass is 32.1. The Morgan fingerprint density at radius 2 is 1.88 bits per heavy atom. The molecule has 1 atom stereocenters. The average molecular weight is 246 g/mol. The summed E-state index contributed by atoms with van der Waals surface area (Å²) >= 11 is 4.12. The first-order chi connectivity index (χ1) is 7.65. The third-order valence-corrected chi connectivity index (χ3v) is 2.66. The van der Waals surface area contributed by atoms with Gasteiger partial charge in [0.05, 0.1) is 6.61 Å². The van der Waals surface area contributed by atoms with Gasteiger partial charge in [-0.3, -0.25) is 0 Å². The minimum absolute atomic E-state index is 0.277. The van der Waals surface area contributed by atoms with Gasteiger partial charge in [0.1, 0.15) is 0 Å². The molecule has 1 rings (SSSR count). The smallest absolute Gasteiger partial charge is 0.190 e. The van der Waals surface area contributed by atoms with Gasteiger partial charge in [0.15, 0.2) is 17.4 Å². The van der Waals surface area contributed by atoms with Crippen LogP contribution < -0.4 is 4.74 Å². The fourth-order valence-corrected chi connectivity index (χ4v) is 1.79. The fourth-order valence-electron chi connectivity index (χ4n) is 1.35. The lowest BCUT2D eigenvalue weighted by atomic mass is 10.1. The third-order valence-electron chi connectivity index (χ3n) is 2.40. The Morgan fingerprint density at radius 3 is 2.44 bits per heavy atom. The van der Waals surface area contributed by atoms with Crippen LogP contribution in [0.25, 0.3) is 0 Å². The molecule has 1 aromatic rings. The van der Waals surface area contributed by atoms with Crippen molar-refractivity contribution < 1.29 is 13.5 Å². The van der Waals surface area contributed by atoms with Gasteiger partial charge in [-0.25, -0.2) is 8.78 Å². The summed E-state index contributed by atoms with van der Waals surface area (Å²) in [5, 5.41) is 0. The summed E-state index contributed by atoms with van der Waals surface area (Å²) < 4.78 is 31.4. The van der Waals surface area contributed by atoms with Gasteiger partial charge < -0.3 is 4.74 Å². The van der Waals surface area contributed by atoms with E-state index in [1.54, 1.807) is 0 Å². The quantitative estimate of drug-likeness (QED) is 0.753. The topological polar surface area (TPSA) is 9.23 Å². The molecule has 0 N–H and O–H groups in total. The van der Waals surface area contributed by atoms with Crippen LogP contribution in [0.4, 0.5) is 8.78 Å². The zero-order valence-corrected chi connectivity index (χ0v) is 10.1. The van der Waals surface area contributed by atoms with Crippen LogP contribution in [0.15, 0.2) is 18.2 Å². The van der Waals surface area contributed by atoms with Crippen molar-refractivity contribution >= 4 is 12.6 Å². The standard InChI is InChI=1S/C12H16F2OS/c1-9(6-8-16)5-7-15-12-10(13)3-2-4-11(12)14/h2-4,9,16H,5-8H2,1H3. The monoisotopic (exact) mass is 246 g/mol. The molecule has 0 amide bonds. The zero-order valence-electron chi connectivity index (χ0n) is 9.25. The van der Waals surface area contributed by atoms with Gasteiger partial charge in [0.2, 0.25) is 0 Å². The minimum Gasteiger partial charge on any atom is -0.488 e. The summed E-state index contributed by atoms with van der Waals surface area (Å²) in [5.74, 6) is -0.313. The largest absolute Gasteiger partial charge is 0.488 e. The maximum Gasteiger partial charge on any atom is 0.190 e. The molecule has 4 heteroatoms. The number of ether oxygens (including phenoxy) is 1. The van der Waals surface area contributed by atoms with Gasteiger partial charge in [-0.05, 0) is 36.6 Å². The molecule has 1 unspecified atom stereocenters. The van der Waals surface area contributed by atoms with Crippen molar-refractivity contribution in [2.75, 3.05) is 12.4 Å². The van der Waals surface area contributed by atoms with Gasteiger partial charge >= 0.3 is 0 Å². The van der Waals surface area contributed by atoms with Crippen LogP contribution in [-0.4, -0.2) is 12.4 Å². The van der Waals surface area contributed by atoms with Crippen LogP contribution >= 0.6 is 12.6 Å². The van der Waals surface area contributed by atoms with Crippen LogP contribution in [0, 0.1) is 17.6 Å². The van der Waals surface area contributed by atoms with E-state index in [2.05, 4.69) is 19.6 Å². The van der Waals surface area contributed by atoms with Gasteiger partial charge in [-0.2, -0.15) is 12.6 Å². The number of hydrogen-bond donors (Lipinski definition) is 1. The molecular formula is C12H16F2OS. The maximum absolute atomic E-state index is 13.1. The summed E-state index contributed by atoms with van der Waals surface area (Å²) in [4.78, 5) is 0. The van der Waals surface area contributed by atoms with Gasteiger partial charge in [0, 0.05) is 0 Å². The van der Waals surface area contributed by atoms with Crippen molar-refractivity contribution in [2.24, 2.45) is 5.92 Å². The Balaban J connectivity index is 2.43. The number of rotatable bonds is 6. The van der Waals surface area contributed by atoms with Crippen LogP contribution in [0.1, 0.15) is 19.8 Å². The molecule has 0 saturated carbocycles. The van der Waals surface area contributed by atoms with Gasteiger partial charge in [-0.15, -0.1) is 0 Å². The van der Waals surface area contributed by atoms with Crippen molar-refractivity contribution in [1.82, 2.24) is 0 Å². The second-order valence-corrected chi connectivity index (χ2v) is 4.25. The fraction of sp³-hybridized carbons (Fsp3) is 0.500. The molecule has 1 nitrogen and oxygen atoms in total. The van der Waals surface area contributed by atoms with Crippen LogP contribution in [0.3, 0.4) is 0 Å². The molecule has 0 saturated heterocycles. The Kier molecular flexibility index (Phi) is 5.60. The van der Waals surface area contributed by atoms with Gasteiger partial charge in [0.25, 0.3) is 0 Å². The number of para-hydroxylation sites is 1. The number of hydrogen-bond acceptors (Lipinski definition) is 2. The molecule has 0 heterocycles. The van der Waals surface area contributed by atoms with Crippen molar-refractivity contribution in [3.63, 3.8) is 0 Å². The van der Waals surface area contributed by atoms with Crippen LogP contribution in [0.5, 0.6) is 5.75 Å². The van der Waals surface area contributed by atoms with E-state index in [4.69, 9.17) is 4.74 Å². The van der Waals surface area contributed by atoms with Crippen molar-refractivity contribution in [3.8, 4) is 5.75 Å².